The Bertz CT molecular complexity index is 1340. The van der Waals surface area contributed by atoms with Gasteiger partial charge >= 0.3 is 13.6 Å². The van der Waals surface area contributed by atoms with Gasteiger partial charge in [-0.2, -0.15) is 0 Å². The number of ether oxygens (including phenoxy) is 5. The van der Waals surface area contributed by atoms with Gasteiger partial charge in [0.2, 0.25) is 0 Å². The molecular formula is C33H39O9P. The largest absolute Gasteiger partial charge is 0.427 e. The molecule has 0 unspecified atom stereocenters. The van der Waals surface area contributed by atoms with Crippen molar-refractivity contribution in [3.63, 3.8) is 0 Å². The maximum atomic E-state index is 14.4. The Labute approximate surface area is 253 Å². The second kappa shape index (κ2) is 16.6. The third kappa shape index (κ3) is 9.42. The zero-order valence-corrected chi connectivity index (χ0v) is 25.7. The van der Waals surface area contributed by atoms with E-state index < -0.39 is 32.1 Å². The lowest BCUT2D eigenvalue weighted by Gasteiger charge is -2.39. The van der Waals surface area contributed by atoms with Crippen LogP contribution in [0, 0.1) is 0 Å². The van der Waals surface area contributed by atoms with E-state index in [1.54, 1.807) is 13.8 Å². The molecule has 3 atom stereocenters. The molecule has 0 bridgehead atoms. The van der Waals surface area contributed by atoms with Crippen molar-refractivity contribution >= 4 is 13.6 Å². The topological polar surface area (TPSA) is 98.8 Å². The summed E-state index contributed by atoms with van der Waals surface area (Å²) in [6.07, 6.45) is -3.05. The minimum atomic E-state index is -4.09. The Balaban J connectivity index is 1.75. The van der Waals surface area contributed by atoms with Crippen molar-refractivity contribution in [2.75, 3.05) is 19.8 Å². The lowest BCUT2D eigenvalue weighted by atomic mass is 10.1. The van der Waals surface area contributed by atoms with E-state index in [9.17, 15) is 9.36 Å². The molecule has 4 rings (SSSR count). The van der Waals surface area contributed by atoms with Gasteiger partial charge in [0.05, 0.1) is 39.6 Å². The number of benzene rings is 3. The Hall–Kier alpha value is -3.14. The molecule has 43 heavy (non-hydrogen) atoms. The molecule has 0 aromatic heterocycles. The van der Waals surface area contributed by atoms with Gasteiger partial charge in [0, 0.05) is 6.92 Å². The molecule has 0 fully saturated rings. The molecule has 0 aliphatic carbocycles. The van der Waals surface area contributed by atoms with Gasteiger partial charge in [-0.05, 0) is 30.5 Å². The fourth-order valence-electron chi connectivity index (χ4n) is 4.57. The molecule has 3 aromatic rings. The van der Waals surface area contributed by atoms with Gasteiger partial charge in [0.15, 0.2) is 12.0 Å². The van der Waals surface area contributed by atoms with Crippen molar-refractivity contribution in [1.29, 1.82) is 0 Å². The number of hydrogen-bond acceptors (Lipinski definition) is 9. The first-order chi connectivity index (χ1) is 20.9. The van der Waals surface area contributed by atoms with Gasteiger partial charge < -0.3 is 32.7 Å². The number of hydrogen-bond donors (Lipinski definition) is 0. The molecule has 1 aliphatic rings. The summed E-state index contributed by atoms with van der Waals surface area (Å²) in [7, 11) is -4.09. The standard InChI is InChI=1S/C33H39O9P/c1-4-39-43(35,40-5-2)32-31(41-25(3)34)30(37-22-27-17-11-7-12-18-27)29(24-36-21-26-15-9-6-10-16-26)42-33(32)38-23-28-19-13-8-14-20-28/h6-20,29-30,33H,4-5,21-24H2,1-3H3/t29-,30+,33+/m1/s1. The summed E-state index contributed by atoms with van der Waals surface area (Å²) in [5, 5.41) is -0.0419. The van der Waals surface area contributed by atoms with E-state index in [1.165, 1.54) is 6.92 Å². The summed E-state index contributed by atoms with van der Waals surface area (Å²) in [4.78, 5) is 12.5. The zero-order valence-electron chi connectivity index (χ0n) is 24.8. The normalized spacial score (nSPS) is 18.9. The van der Waals surface area contributed by atoms with E-state index in [2.05, 4.69) is 0 Å². The van der Waals surface area contributed by atoms with Crippen molar-refractivity contribution in [2.45, 2.75) is 59.1 Å². The second-order valence-electron chi connectivity index (χ2n) is 9.70. The molecule has 0 radical (unpaired) electrons. The molecule has 0 saturated carbocycles. The molecule has 1 aliphatic heterocycles. The van der Waals surface area contributed by atoms with Crippen LogP contribution in [0.1, 0.15) is 37.5 Å². The van der Waals surface area contributed by atoms with Crippen LogP contribution < -0.4 is 0 Å². The van der Waals surface area contributed by atoms with Gasteiger partial charge in [0.25, 0.3) is 0 Å². The van der Waals surface area contributed by atoms with Crippen LogP contribution >= 0.6 is 7.60 Å². The fraction of sp³-hybridized carbons (Fsp3) is 0.364. The number of esters is 1. The third-order valence-electron chi connectivity index (χ3n) is 6.43. The molecule has 1 heterocycles. The summed E-state index contributed by atoms with van der Waals surface area (Å²) in [6.45, 7) is 5.45. The van der Waals surface area contributed by atoms with Gasteiger partial charge in [-0.15, -0.1) is 0 Å². The average molecular weight is 611 g/mol. The van der Waals surface area contributed by atoms with Crippen LogP contribution in [0.5, 0.6) is 0 Å². The Morgan fingerprint density at radius 1 is 0.744 bits per heavy atom. The molecule has 9 nitrogen and oxygen atoms in total. The molecule has 0 N–H and O–H groups in total. The maximum absolute atomic E-state index is 14.4. The van der Waals surface area contributed by atoms with E-state index in [0.717, 1.165) is 16.7 Å². The minimum absolute atomic E-state index is 0.0220. The molecule has 10 heteroatoms. The van der Waals surface area contributed by atoms with E-state index in [4.69, 9.17) is 32.7 Å². The van der Waals surface area contributed by atoms with Crippen molar-refractivity contribution < 1.29 is 42.1 Å². The van der Waals surface area contributed by atoms with Crippen LogP contribution in [0.2, 0.25) is 0 Å². The van der Waals surface area contributed by atoms with Crippen molar-refractivity contribution in [3.8, 4) is 0 Å². The second-order valence-corrected chi connectivity index (χ2v) is 11.7. The highest BCUT2D eigenvalue weighted by Crippen LogP contribution is 2.61. The van der Waals surface area contributed by atoms with Crippen molar-refractivity contribution in [2.24, 2.45) is 0 Å². The van der Waals surface area contributed by atoms with Crippen LogP contribution in [0.25, 0.3) is 0 Å². The number of rotatable bonds is 16. The van der Waals surface area contributed by atoms with Crippen LogP contribution in [0.4, 0.5) is 0 Å². The van der Waals surface area contributed by atoms with Gasteiger partial charge in [-0.3, -0.25) is 9.36 Å². The van der Waals surface area contributed by atoms with E-state index >= 15 is 0 Å². The fourth-order valence-corrected chi connectivity index (χ4v) is 6.44. The van der Waals surface area contributed by atoms with Gasteiger partial charge in [0.1, 0.15) is 17.5 Å². The Kier molecular flexibility index (Phi) is 12.7. The number of carbonyl (C=O) groups excluding carboxylic acids is 1. The molecule has 0 spiro atoms. The maximum Gasteiger partial charge on any atom is 0.365 e. The highest BCUT2D eigenvalue weighted by Gasteiger charge is 2.50. The molecular weight excluding hydrogens is 571 g/mol. The van der Waals surface area contributed by atoms with Crippen LogP contribution in [0.3, 0.4) is 0 Å². The summed E-state index contributed by atoms with van der Waals surface area (Å²) >= 11 is 0. The smallest absolute Gasteiger partial charge is 0.365 e. The quantitative estimate of drug-likeness (QED) is 0.129. The first kappa shape index (κ1) is 32.8. The summed E-state index contributed by atoms with van der Waals surface area (Å²) in [5.41, 5.74) is 2.72. The average Bonchev–Trinajstić information content (AvgIpc) is 3.01. The van der Waals surface area contributed by atoms with Crippen molar-refractivity contribution in [3.05, 3.63) is 119 Å². The first-order valence-corrected chi connectivity index (χ1v) is 15.9. The van der Waals surface area contributed by atoms with Crippen LogP contribution in [-0.2, 0) is 61.9 Å². The molecule has 0 saturated heterocycles. The monoisotopic (exact) mass is 610 g/mol. The van der Waals surface area contributed by atoms with Crippen LogP contribution in [-0.4, -0.2) is 44.3 Å². The van der Waals surface area contributed by atoms with Gasteiger partial charge in [-0.25, -0.2) is 0 Å². The highest BCUT2D eigenvalue weighted by atomic mass is 31.2. The van der Waals surface area contributed by atoms with E-state index in [1.807, 2.05) is 91.0 Å². The van der Waals surface area contributed by atoms with Crippen LogP contribution in [0.15, 0.2) is 102 Å². The summed E-state index contributed by atoms with van der Waals surface area (Å²) < 4.78 is 56.7. The highest BCUT2D eigenvalue weighted by molar-refractivity contribution is 7.58. The predicted molar refractivity (Wildman–Crippen MR) is 161 cm³/mol. The lowest BCUT2D eigenvalue weighted by molar-refractivity contribution is -0.214. The Morgan fingerprint density at radius 3 is 1.72 bits per heavy atom. The third-order valence-corrected chi connectivity index (χ3v) is 8.64. The molecule has 0 amide bonds. The zero-order chi connectivity index (χ0) is 30.5. The van der Waals surface area contributed by atoms with Crippen molar-refractivity contribution in [1.82, 2.24) is 0 Å². The minimum Gasteiger partial charge on any atom is -0.427 e. The summed E-state index contributed by atoms with van der Waals surface area (Å²) in [6, 6.07) is 28.7. The van der Waals surface area contributed by atoms with Gasteiger partial charge in [-0.1, -0.05) is 91.0 Å². The van der Waals surface area contributed by atoms with E-state index in [-0.39, 0.29) is 44.1 Å². The SMILES string of the molecule is CCOP(=O)(OCC)C1=C(OC(C)=O)[C@@H](OCc2ccccc2)[C@@H](COCc2ccccc2)O[C@@H]1OCc1ccccc1. The lowest BCUT2D eigenvalue weighted by Crippen LogP contribution is -2.47. The summed E-state index contributed by atoms with van der Waals surface area (Å²) in [5.74, 6) is -0.653. The Morgan fingerprint density at radius 2 is 1.23 bits per heavy atom. The molecule has 230 valence electrons. The van der Waals surface area contributed by atoms with E-state index in [0.29, 0.717) is 6.61 Å². The predicted octanol–water partition coefficient (Wildman–Crippen LogP) is 6.77. The first-order valence-electron chi connectivity index (χ1n) is 14.3. The number of carbonyl (C=O) groups is 1. The molecule has 3 aromatic carbocycles.